The highest BCUT2D eigenvalue weighted by Gasteiger charge is 2.24. The third kappa shape index (κ3) is 3.32. The molecule has 19 heavy (non-hydrogen) atoms. The Morgan fingerprint density at radius 1 is 1.47 bits per heavy atom. The van der Waals surface area contributed by atoms with E-state index < -0.39 is 15.8 Å². The first kappa shape index (κ1) is 15.6. The van der Waals surface area contributed by atoms with Gasteiger partial charge in [-0.1, -0.05) is 5.92 Å². The quantitative estimate of drug-likeness (QED) is 0.824. The molecule has 0 radical (unpaired) electrons. The summed E-state index contributed by atoms with van der Waals surface area (Å²) in [5.74, 6) is 1.72. The van der Waals surface area contributed by atoms with E-state index in [1.807, 2.05) is 0 Å². The van der Waals surface area contributed by atoms with E-state index in [-0.39, 0.29) is 17.0 Å². The van der Waals surface area contributed by atoms with Crippen LogP contribution in [0.1, 0.15) is 11.1 Å². The summed E-state index contributed by atoms with van der Waals surface area (Å²) in [4.78, 5) is -0.0458. The van der Waals surface area contributed by atoms with Gasteiger partial charge in [0.2, 0.25) is 10.0 Å². The Labute approximate surface area is 113 Å². The number of benzene rings is 1. The SMILES string of the molecule is C#CCN(C)S(=O)(=O)c1cc(CNC)cc(F)c1C. The molecule has 6 heteroatoms. The summed E-state index contributed by atoms with van der Waals surface area (Å²) in [6, 6.07) is 2.79. The van der Waals surface area contributed by atoms with Crippen molar-refractivity contribution in [3.63, 3.8) is 0 Å². The second-order valence-corrected chi connectivity index (χ2v) is 6.21. The zero-order chi connectivity index (χ0) is 14.6. The van der Waals surface area contributed by atoms with Gasteiger partial charge in [0.25, 0.3) is 0 Å². The molecule has 1 aromatic rings. The molecule has 0 spiro atoms. The first-order chi connectivity index (χ1) is 8.84. The zero-order valence-electron chi connectivity index (χ0n) is 11.2. The standard InChI is InChI=1S/C13H17FN2O2S/c1-5-6-16(4)19(17,18)13-8-11(9-15-3)7-12(14)10(13)2/h1,7-8,15H,6,9H2,2-4H3. The van der Waals surface area contributed by atoms with E-state index >= 15 is 0 Å². The molecule has 0 aliphatic rings. The van der Waals surface area contributed by atoms with Crippen LogP contribution in [0, 0.1) is 25.1 Å². The van der Waals surface area contributed by atoms with Crippen LogP contribution >= 0.6 is 0 Å². The van der Waals surface area contributed by atoms with Crippen molar-refractivity contribution in [3.05, 3.63) is 29.1 Å². The summed E-state index contributed by atoms with van der Waals surface area (Å²) in [6.07, 6.45) is 5.11. The van der Waals surface area contributed by atoms with E-state index in [1.54, 1.807) is 7.05 Å². The van der Waals surface area contributed by atoms with E-state index in [1.165, 1.54) is 26.1 Å². The number of halogens is 1. The lowest BCUT2D eigenvalue weighted by Crippen LogP contribution is -2.28. The van der Waals surface area contributed by atoms with Crippen LogP contribution in [-0.2, 0) is 16.6 Å². The van der Waals surface area contributed by atoms with E-state index in [2.05, 4.69) is 11.2 Å². The minimum absolute atomic E-state index is 0.0458. The van der Waals surface area contributed by atoms with Crippen LogP contribution in [0.15, 0.2) is 17.0 Å². The number of sulfonamides is 1. The first-order valence-electron chi connectivity index (χ1n) is 5.68. The van der Waals surface area contributed by atoms with Gasteiger partial charge in [-0.05, 0) is 31.7 Å². The number of terminal acetylenes is 1. The highest BCUT2D eigenvalue weighted by molar-refractivity contribution is 7.89. The Morgan fingerprint density at radius 2 is 2.11 bits per heavy atom. The van der Waals surface area contributed by atoms with Gasteiger partial charge in [0.1, 0.15) is 5.82 Å². The van der Waals surface area contributed by atoms with Crippen molar-refractivity contribution in [2.45, 2.75) is 18.4 Å². The third-order valence-electron chi connectivity index (χ3n) is 2.74. The molecule has 0 heterocycles. The Kier molecular flexibility index (Phi) is 5.06. The summed E-state index contributed by atoms with van der Waals surface area (Å²) in [6.45, 7) is 1.77. The van der Waals surface area contributed by atoms with Crippen LogP contribution in [-0.4, -0.2) is 33.4 Å². The van der Waals surface area contributed by atoms with Gasteiger partial charge in [0.15, 0.2) is 0 Å². The lowest BCUT2D eigenvalue weighted by atomic mass is 10.1. The molecule has 0 aliphatic heterocycles. The largest absolute Gasteiger partial charge is 0.316 e. The number of hydrogen-bond acceptors (Lipinski definition) is 3. The average Bonchev–Trinajstić information content (AvgIpc) is 2.34. The van der Waals surface area contributed by atoms with Gasteiger partial charge in [0.05, 0.1) is 11.4 Å². The van der Waals surface area contributed by atoms with Gasteiger partial charge < -0.3 is 5.32 Å². The first-order valence-corrected chi connectivity index (χ1v) is 7.12. The molecule has 0 unspecified atom stereocenters. The van der Waals surface area contributed by atoms with Crippen molar-refractivity contribution in [1.82, 2.24) is 9.62 Å². The Hall–Kier alpha value is -1.42. The molecule has 0 saturated heterocycles. The lowest BCUT2D eigenvalue weighted by Gasteiger charge is -2.17. The topological polar surface area (TPSA) is 49.4 Å². The maximum atomic E-state index is 13.8. The average molecular weight is 284 g/mol. The van der Waals surface area contributed by atoms with Crippen molar-refractivity contribution in [2.75, 3.05) is 20.6 Å². The molecule has 0 bridgehead atoms. The molecule has 0 atom stereocenters. The fourth-order valence-corrected chi connectivity index (χ4v) is 3.03. The maximum absolute atomic E-state index is 13.8. The molecule has 0 saturated carbocycles. The summed E-state index contributed by atoms with van der Waals surface area (Å²) >= 11 is 0. The van der Waals surface area contributed by atoms with E-state index in [9.17, 15) is 12.8 Å². The van der Waals surface area contributed by atoms with Crippen LogP contribution in [0.5, 0.6) is 0 Å². The van der Waals surface area contributed by atoms with E-state index in [0.29, 0.717) is 12.1 Å². The van der Waals surface area contributed by atoms with Crippen molar-refractivity contribution in [3.8, 4) is 12.3 Å². The minimum atomic E-state index is -3.77. The van der Waals surface area contributed by atoms with Crippen molar-refractivity contribution in [1.29, 1.82) is 0 Å². The van der Waals surface area contributed by atoms with Gasteiger partial charge in [-0.3, -0.25) is 0 Å². The van der Waals surface area contributed by atoms with Crippen molar-refractivity contribution in [2.24, 2.45) is 0 Å². The molecule has 0 fully saturated rings. The maximum Gasteiger partial charge on any atom is 0.244 e. The van der Waals surface area contributed by atoms with Crippen LogP contribution in [0.2, 0.25) is 0 Å². The molecule has 104 valence electrons. The van der Waals surface area contributed by atoms with Crippen LogP contribution in [0.25, 0.3) is 0 Å². The molecule has 1 rings (SSSR count). The number of nitrogens with zero attached hydrogens (tertiary/aromatic N) is 1. The van der Waals surface area contributed by atoms with Gasteiger partial charge in [-0.2, -0.15) is 4.31 Å². The fourth-order valence-electron chi connectivity index (χ4n) is 1.66. The fraction of sp³-hybridized carbons (Fsp3) is 0.385. The molecular weight excluding hydrogens is 267 g/mol. The van der Waals surface area contributed by atoms with Gasteiger partial charge in [-0.15, -0.1) is 6.42 Å². The van der Waals surface area contributed by atoms with Gasteiger partial charge >= 0.3 is 0 Å². The number of rotatable bonds is 5. The molecule has 0 aromatic heterocycles. The Bertz CT molecular complexity index is 606. The van der Waals surface area contributed by atoms with Crippen LogP contribution < -0.4 is 5.32 Å². The second kappa shape index (κ2) is 6.15. The third-order valence-corrected chi connectivity index (χ3v) is 4.67. The lowest BCUT2D eigenvalue weighted by molar-refractivity contribution is 0.500. The molecule has 1 aromatic carbocycles. The molecule has 0 amide bonds. The van der Waals surface area contributed by atoms with Crippen LogP contribution in [0.4, 0.5) is 4.39 Å². The summed E-state index contributed by atoms with van der Waals surface area (Å²) in [5.41, 5.74) is 0.669. The summed E-state index contributed by atoms with van der Waals surface area (Å²) < 4.78 is 39.4. The predicted octanol–water partition coefficient (Wildman–Crippen LogP) is 1.11. The molecular formula is C13H17FN2O2S. The second-order valence-electron chi connectivity index (χ2n) is 4.20. The Morgan fingerprint density at radius 3 is 2.63 bits per heavy atom. The highest BCUT2D eigenvalue weighted by Crippen LogP contribution is 2.23. The summed E-state index contributed by atoms with van der Waals surface area (Å²) in [7, 11) is -0.695. The molecule has 0 aliphatic carbocycles. The summed E-state index contributed by atoms with van der Waals surface area (Å²) in [5, 5.41) is 2.86. The van der Waals surface area contributed by atoms with Gasteiger partial charge in [0, 0.05) is 19.2 Å². The number of hydrogen-bond donors (Lipinski definition) is 1. The van der Waals surface area contributed by atoms with Crippen LogP contribution in [0.3, 0.4) is 0 Å². The predicted molar refractivity (Wildman–Crippen MR) is 72.5 cm³/mol. The smallest absolute Gasteiger partial charge is 0.244 e. The van der Waals surface area contributed by atoms with Gasteiger partial charge in [-0.25, -0.2) is 12.8 Å². The van der Waals surface area contributed by atoms with Crippen molar-refractivity contribution >= 4 is 10.0 Å². The van der Waals surface area contributed by atoms with Crippen molar-refractivity contribution < 1.29 is 12.8 Å². The molecule has 1 N–H and O–H groups in total. The van der Waals surface area contributed by atoms with E-state index in [0.717, 1.165) is 4.31 Å². The molecule has 4 nitrogen and oxygen atoms in total. The minimum Gasteiger partial charge on any atom is -0.316 e. The zero-order valence-corrected chi connectivity index (χ0v) is 12.0. The monoisotopic (exact) mass is 284 g/mol. The Balaban J connectivity index is 3.37. The van der Waals surface area contributed by atoms with E-state index in [4.69, 9.17) is 6.42 Å². The number of nitrogens with one attached hydrogen (secondary N) is 1. The normalized spacial score (nSPS) is 11.6. The highest BCUT2D eigenvalue weighted by atomic mass is 32.2.